The van der Waals surface area contributed by atoms with Crippen LogP contribution < -0.4 is 0 Å². The molecule has 0 aromatic carbocycles. The summed E-state index contributed by atoms with van der Waals surface area (Å²) >= 11 is 0. The lowest BCUT2D eigenvalue weighted by Gasteiger charge is -2.51. The molecule has 0 radical (unpaired) electrons. The van der Waals surface area contributed by atoms with Crippen LogP contribution in [0.3, 0.4) is 0 Å². The van der Waals surface area contributed by atoms with Gasteiger partial charge >= 0.3 is 0 Å². The minimum atomic E-state index is -0.0477. The Kier molecular flexibility index (Phi) is 17.3. The van der Waals surface area contributed by atoms with E-state index in [1.165, 1.54) is 36.8 Å². The first kappa shape index (κ1) is 36.9. The number of aliphatic hydroxyl groups excluding tert-OH is 1. The number of carbonyl (C=O) groups is 2. The van der Waals surface area contributed by atoms with Gasteiger partial charge in [0.1, 0.15) is 11.9 Å². The lowest BCUT2D eigenvalue weighted by atomic mass is 9.74. The van der Waals surface area contributed by atoms with E-state index in [-0.39, 0.29) is 29.4 Å². The van der Waals surface area contributed by atoms with Crippen molar-refractivity contribution in [1.29, 1.82) is 0 Å². The quantitative estimate of drug-likeness (QED) is 0.328. The normalized spacial score (nSPS) is 23.4. The number of aliphatic hydroxyl groups is 1. The van der Waals surface area contributed by atoms with Crippen LogP contribution in [0.5, 0.6) is 0 Å². The van der Waals surface area contributed by atoms with Gasteiger partial charge in [-0.25, -0.2) is 0 Å². The Morgan fingerprint density at radius 2 is 1.67 bits per heavy atom. The molecule has 0 spiro atoms. The molecule has 2 fully saturated rings. The summed E-state index contributed by atoms with van der Waals surface area (Å²) < 4.78 is 0. The molecular formula is C33H61N3O3. The molecule has 3 aliphatic rings. The zero-order chi connectivity index (χ0) is 30.3. The summed E-state index contributed by atoms with van der Waals surface area (Å²) in [5, 5.41) is 7.00. The lowest BCUT2D eigenvalue weighted by molar-refractivity contribution is -0.144. The van der Waals surface area contributed by atoms with Gasteiger partial charge in [0.15, 0.2) is 0 Å². The number of likely N-dealkylation sites (N-methyl/N-ethyl adjacent to an activating group) is 2. The number of allylic oxidation sites excluding steroid dienone is 4. The van der Waals surface area contributed by atoms with Crippen molar-refractivity contribution < 1.29 is 14.7 Å². The van der Waals surface area contributed by atoms with E-state index < -0.39 is 0 Å². The zero-order valence-electron chi connectivity index (χ0n) is 27.4. The van der Waals surface area contributed by atoms with Gasteiger partial charge in [-0.2, -0.15) is 0 Å². The van der Waals surface area contributed by atoms with Gasteiger partial charge in [0, 0.05) is 39.9 Å². The maximum atomic E-state index is 13.0. The van der Waals surface area contributed by atoms with Crippen LogP contribution in [-0.2, 0) is 9.59 Å². The molecule has 2 heterocycles. The highest BCUT2D eigenvalue weighted by atomic mass is 16.2. The third-order valence-electron chi connectivity index (χ3n) is 8.39. The maximum absolute atomic E-state index is 13.0. The van der Waals surface area contributed by atoms with Gasteiger partial charge in [-0.3, -0.25) is 9.59 Å². The fourth-order valence-corrected chi connectivity index (χ4v) is 6.07. The molecule has 1 saturated carbocycles. The molecule has 3 rings (SSSR count). The van der Waals surface area contributed by atoms with Crippen LogP contribution in [-0.4, -0.2) is 71.6 Å². The zero-order valence-corrected chi connectivity index (χ0v) is 27.4. The van der Waals surface area contributed by atoms with Gasteiger partial charge in [0.05, 0.1) is 0 Å². The summed E-state index contributed by atoms with van der Waals surface area (Å²) in [5.74, 6) is 0.469. The lowest BCUT2D eigenvalue weighted by Crippen LogP contribution is -2.62. The van der Waals surface area contributed by atoms with Gasteiger partial charge < -0.3 is 19.8 Å². The number of nitrogens with zero attached hydrogens (tertiary/aromatic N) is 3. The van der Waals surface area contributed by atoms with Crippen LogP contribution in [0.2, 0.25) is 0 Å². The Morgan fingerprint density at radius 1 is 1.10 bits per heavy atom. The van der Waals surface area contributed by atoms with Crippen molar-refractivity contribution in [3.05, 3.63) is 35.1 Å². The van der Waals surface area contributed by atoms with E-state index >= 15 is 0 Å². The fraction of sp³-hybridized carbons (Fsp3) is 0.758. The van der Waals surface area contributed by atoms with Crippen molar-refractivity contribution in [3.63, 3.8) is 0 Å². The number of fused-ring (bicyclic) bond motifs is 1. The molecule has 226 valence electrons. The Morgan fingerprint density at radius 3 is 2.18 bits per heavy atom. The molecule has 6 heteroatoms. The molecule has 39 heavy (non-hydrogen) atoms. The molecular weight excluding hydrogens is 486 g/mol. The largest absolute Gasteiger partial charge is 0.400 e. The van der Waals surface area contributed by atoms with Gasteiger partial charge in [-0.05, 0) is 70.6 Å². The second-order valence-corrected chi connectivity index (χ2v) is 11.0. The topological polar surface area (TPSA) is 64.1 Å². The van der Waals surface area contributed by atoms with E-state index in [2.05, 4.69) is 51.7 Å². The molecule has 3 unspecified atom stereocenters. The van der Waals surface area contributed by atoms with E-state index in [1.807, 2.05) is 46.7 Å². The monoisotopic (exact) mass is 547 g/mol. The highest BCUT2D eigenvalue weighted by Crippen LogP contribution is 2.49. The first-order valence-electron chi connectivity index (χ1n) is 15.4. The van der Waals surface area contributed by atoms with E-state index in [0.29, 0.717) is 11.6 Å². The van der Waals surface area contributed by atoms with Crippen LogP contribution in [0.15, 0.2) is 35.1 Å². The first-order valence-corrected chi connectivity index (χ1v) is 15.4. The fourth-order valence-electron chi connectivity index (χ4n) is 6.07. The summed E-state index contributed by atoms with van der Waals surface area (Å²) in [6, 6.07) is 0.138. The average Bonchev–Trinajstić information content (AvgIpc) is 3.41. The van der Waals surface area contributed by atoms with Crippen molar-refractivity contribution in [2.75, 3.05) is 27.7 Å². The standard InChI is InChI=1S/C28H45N3O2.2C2H6.CH4O/c1-8-20(3)14-21(4)15-23(9-2)17-28(12-10-11-13-28)18-25-30(7)26(32)16-24-27(33)29(6)22(5)19-31(24)25;3*1-2/h9,14,16,21-22,25H,8,10-13,15,17-19H2,1-7H3;2*1-2H3;2H,1H3/b20-14+,23-9+;;;. The van der Waals surface area contributed by atoms with E-state index in [1.54, 1.807) is 11.0 Å². The summed E-state index contributed by atoms with van der Waals surface area (Å²) in [5.41, 5.74) is 3.77. The Balaban J connectivity index is 0.00000225. The van der Waals surface area contributed by atoms with Gasteiger partial charge in [0.2, 0.25) is 5.91 Å². The van der Waals surface area contributed by atoms with Crippen LogP contribution in [0.4, 0.5) is 0 Å². The number of amides is 2. The number of rotatable bonds is 8. The molecule has 1 saturated heterocycles. The third kappa shape index (κ3) is 9.81. The van der Waals surface area contributed by atoms with Crippen molar-refractivity contribution in [1.82, 2.24) is 14.7 Å². The predicted molar refractivity (Wildman–Crippen MR) is 166 cm³/mol. The summed E-state index contributed by atoms with van der Waals surface area (Å²) in [6.45, 7) is 19.8. The van der Waals surface area contributed by atoms with Crippen LogP contribution in [0, 0.1) is 11.3 Å². The second kappa shape index (κ2) is 18.3. The van der Waals surface area contributed by atoms with Crippen molar-refractivity contribution in [2.45, 2.75) is 126 Å². The molecule has 2 amide bonds. The Labute approximate surface area is 241 Å². The second-order valence-electron chi connectivity index (χ2n) is 11.0. The third-order valence-corrected chi connectivity index (χ3v) is 8.39. The molecule has 0 aromatic rings. The highest BCUT2D eigenvalue weighted by molar-refractivity contribution is 6.02. The predicted octanol–water partition coefficient (Wildman–Crippen LogP) is 7.16. The molecule has 0 aromatic heterocycles. The SMILES string of the molecule is C/C=C(\CC(C)/C=C(\C)CC)CC1(CC2N(C)C(=O)C=C3C(=O)N(C)C(C)CN32)CCCC1.CC.CC.CO. The molecule has 6 nitrogen and oxygen atoms in total. The highest BCUT2D eigenvalue weighted by Gasteiger charge is 2.46. The summed E-state index contributed by atoms with van der Waals surface area (Å²) in [7, 11) is 4.75. The van der Waals surface area contributed by atoms with E-state index in [9.17, 15) is 9.59 Å². The van der Waals surface area contributed by atoms with Crippen molar-refractivity contribution in [2.24, 2.45) is 11.3 Å². The minimum absolute atomic E-state index is 0.0262. The van der Waals surface area contributed by atoms with Crippen LogP contribution >= 0.6 is 0 Å². The molecule has 1 aliphatic carbocycles. The van der Waals surface area contributed by atoms with Gasteiger partial charge in [0.25, 0.3) is 5.91 Å². The van der Waals surface area contributed by atoms with E-state index in [0.717, 1.165) is 39.3 Å². The molecule has 1 N–H and O–H groups in total. The number of hydrogen-bond donors (Lipinski definition) is 1. The van der Waals surface area contributed by atoms with Crippen LogP contribution in [0.1, 0.15) is 114 Å². The maximum Gasteiger partial charge on any atom is 0.270 e. The number of hydrogen-bond acceptors (Lipinski definition) is 4. The van der Waals surface area contributed by atoms with Gasteiger partial charge in [-0.1, -0.05) is 77.7 Å². The molecule has 0 bridgehead atoms. The summed E-state index contributed by atoms with van der Waals surface area (Å²) in [4.78, 5) is 31.7. The van der Waals surface area contributed by atoms with E-state index in [4.69, 9.17) is 5.11 Å². The van der Waals surface area contributed by atoms with Crippen molar-refractivity contribution in [3.8, 4) is 0 Å². The summed E-state index contributed by atoms with van der Waals surface area (Å²) in [6.07, 6.45) is 15.4. The van der Waals surface area contributed by atoms with Crippen molar-refractivity contribution >= 4 is 11.8 Å². The molecule has 2 aliphatic heterocycles. The smallest absolute Gasteiger partial charge is 0.270 e. The number of piperazine rings is 1. The minimum Gasteiger partial charge on any atom is -0.400 e. The Hall–Kier alpha value is -2.08. The number of carbonyl (C=O) groups excluding carboxylic acids is 2. The molecule has 3 atom stereocenters. The average molecular weight is 548 g/mol. The first-order chi connectivity index (χ1) is 18.6. The van der Waals surface area contributed by atoms with Crippen LogP contribution in [0.25, 0.3) is 0 Å². The van der Waals surface area contributed by atoms with Gasteiger partial charge in [-0.15, -0.1) is 0 Å². The Bertz CT molecular complexity index is 839.